The first kappa shape index (κ1) is 18.1. The van der Waals surface area contributed by atoms with Gasteiger partial charge in [-0.1, -0.05) is 0 Å². The summed E-state index contributed by atoms with van der Waals surface area (Å²) in [5.74, 6) is -0.758. The Bertz CT molecular complexity index is 910. The van der Waals surface area contributed by atoms with E-state index in [1.165, 1.54) is 7.11 Å². The van der Waals surface area contributed by atoms with Crippen LogP contribution in [0.5, 0.6) is 0 Å². The molecule has 7 heteroatoms. The molecule has 0 aliphatic heterocycles. The summed E-state index contributed by atoms with van der Waals surface area (Å²) in [4.78, 5) is 31.9. The lowest BCUT2D eigenvalue weighted by atomic mass is 10.2. The number of carbonyl (C=O) groups is 2. The number of methoxy groups -OCH3 is 1. The second-order valence-corrected chi connectivity index (χ2v) is 5.66. The maximum absolute atomic E-state index is 12.3. The molecule has 0 spiro atoms. The summed E-state index contributed by atoms with van der Waals surface area (Å²) in [6, 6.07) is 13.7. The number of anilines is 2. The largest absolute Gasteiger partial charge is 0.465 e. The van der Waals surface area contributed by atoms with Crippen molar-refractivity contribution < 1.29 is 14.3 Å². The van der Waals surface area contributed by atoms with E-state index in [1.54, 1.807) is 55.0 Å². The molecule has 136 valence electrons. The lowest BCUT2D eigenvalue weighted by Crippen LogP contribution is -2.14. The molecule has 2 heterocycles. The third kappa shape index (κ3) is 4.88. The van der Waals surface area contributed by atoms with Gasteiger partial charge in [-0.2, -0.15) is 0 Å². The van der Waals surface area contributed by atoms with Gasteiger partial charge in [-0.25, -0.2) is 9.78 Å². The number of hydrogen-bond acceptors (Lipinski definition) is 6. The van der Waals surface area contributed by atoms with E-state index in [9.17, 15) is 9.59 Å². The SMILES string of the molecule is COC(=O)c1ccc(NC(=O)c2ccc(NCc3ccncc3)cn2)cc1. The number of nitrogens with zero attached hydrogens (tertiary/aromatic N) is 2. The zero-order valence-corrected chi connectivity index (χ0v) is 14.7. The number of aromatic nitrogens is 2. The summed E-state index contributed by atoms with van der Waals surface area (Å²) in [5.41, 5.74) is 3.18. The van der Waals surface area contributed by atoms with E-state index in [-0.39, 0.29) is 5.91 Å². The molecule has 2 aromatic heterocycles. The molecule has 0 saturated heterocycles. The summed E-state index contributed by atoms with van der Waals surface area (Å²) in [5, 5.41) is 5.97. The topological polar surface area (TPSA) is 93.2 Å². The molecule has 1 amide bonds. The zero-order valence-electron chi connectivity index (χ0n) is 14.7. The summed E-state index contributed by atoms with van der Waals surface area (Å²) in [6.45, 7) is 0.641. The minimum atomic E-state index is -0.426. The van der Waals surface area contributed by atoms with E-state index >= 15 is 0 Å². The Balaban J connectivity index is 1.58. The van der Waals surface area contributed by atoms with Crippen LogP contribution < -0.4 is 10.6 Å². The average Bonchev–Trinajstić information content (AvgIpc) is 2.73. The van der Waals surface area contributed by atoms with Crippen molar-refractivity contribution in [2.45, 2.75) is 6.54 Å². The van der Waals surface area contributed by atoms with E-state index in [4.69, 9.17) is 0 Å². The van der Waals surface area contributed by atoms with Gasteiger partial charge in [-0.3, -0.25) is 9.78 Å². The van der Waals surface area contributed by atoms with Crippen LogP contribution in [-0.2, 0) is 11.3 Å². The van der Waals surface area contributed by atoms with Crippen LogP contribution in [0.1, 0.15) is 26.4 Å². The van der Waals surface area contributed by atoms with Gasteiger partial charge in [0.05, 0.1) is 24.6 Å². The molecule has 0 unspecified atom stereocenters. The molecule has 0 aliphatic carbocycles. The molecule has 0 saturated carbocycles. The molecule has 0 radical (unpaired) electrons. The van der Waals surface area contributed by atoms with Gasteiger partial charge in [-0.05, 0) is 54.1 Å². The van der Waals surface area contributed by atoms with Gasteiger partial charge >= 0.3 is 5.97 Å². The monoisotopic (exact) mass is 362 g/mol. The highest BCUT2D eigenvalue weighted by Gasteiger charge is 2.09. The average molecular weight is 362 g/mol. The number of hydrogen-bond donors (Lipinski definition) is 2. The van der Waals surface area contributed by atoms with Crippen LogP contribution in [0.15, 0.2) is 67.1 Å². The summed E-state index contributed by atoms with van der Waals surface area (Å²) in [7, 11) is 1.32. The van der Waals surface area contributed by atoms with Crippen LogP contribution in [-0.4, -0.2) is 29.0 Å². The van der Waals surface area contributed by atoms with Crippen LogP contribution in [0.3, 0.4) is 0 Å². The molecule has 1 aromatic carbocycles. The molecule has 27 heavy (non-hydrogen) atoms. The molecular weight excluding hydrogens is 344 g/mol. The maximum Gasteiger partial charge on any atom is 0.337 e. The van der Waals surface area contributed by atoms with Crippen LogP contribution in [0.2, 0.25) is 0 Å². The van der Waals surface area contributed by atoms with E-state index in [1.807, 2.05) is 12.1 Å². The van der Waals surface area contributed by atoms with Crippen LogP contribution in [0, 0.1) is 0 Å². The van der Waals surface area contributed by atoms with Crippen LogP contribution in [0.4, 0.5) is 11.4 Å². The van der Waals surface area contributed by atoms with Gasteiger partial charge in [0, 0.05) is 24.6 Å². The quantitative estimate of drug-likeness (QED) is 0.655. The fourth-order valence-electron chi connectivity index (χ4n) is 2.34. The number of pyridine rings is 2. The van der Waals surface area contributed by atoms with E-state index in [0.717, 1.165) is 11.3 Å². The zero-order chi connectivity index (χ0) is 19.1. The van der Waals surface area contributed by atoms with Gasteiger partial charge in [-0.15, -0.1) is 0 Å². The van der Waals surface area contributed by atoms with E-state index in [0.29, 0.717) is 23.5 Å². The van der Waals surface area contributed by atoms with Gasteiger partial charge in [0.25, 0.3) is 5.91 Å². The summed E-state index contributed by atoms with van der Waals surface area (Å²) < 4.78 is 4.64. The third-order valence-corrected chi connectivity index (χ3v) is 3.81. The number of benzene rings is 1. The van der Waals surface area contributed by atoms with Gasteiger partial charge in [0.2, 0.25) is 0 Å². The number of carbonyl (C=O) groups excluding carboxylic acids is 2. The molecule has 3 aromatic rings. The molecule has 0 bridgehead atoms. The van der Waals surface area contributed by atoms with Crippen molar-refractivity contribution in [2.24, 2.45) is 0 Å². The molecule has 2 N–H and O–H groups in total. The Morgan fingerprint density at radius 1 is 0.963 bits per heavy atom. The van der Waals surface area contributed by atoms with E-state index < -0.39 is 5.97 Å². The van der Waals surface area contributed by atoms with Crippen molar-refractivity contribution in [3.8, 4) is 0 Å². The summed E-state index contributed by atoms with van der Waals surface area (Å²) >= 11 is 0. The molecule has 7 nitrogen and oxygen atoms in total. The highest BCUT2D eigenvalue weighted by atomic mass is 16.5. The minimum Gasteiger partial charge on any atom is -0.465 e. The molecule has 0 atom stereocenters. The van der Waals surface area contributed by atoms with Crippen molar-refractivity contribution in [3.05, 3.63) is 83.9 Å². The number of amides is 1. The smallest absolute Gasteiger partial charge is 0.337 e. The number of rotatable bonds is 6. The Hall–Kier alpha value is -3.74. The minimum absolute atomic E-state index is 0.293. The van der Waals surface area contributed by atoms with Crippen molar-refractivity contribution in [3.63, 3.8) is 0 Å². The fourth-order valence-corrected chi connectivity index (χ4v) is 2.34. The predicted octanol–water partition coefficient (Wildman–Crippen LogP) is 3.13. The molecule has 0 fully saturated rings. The van der Waals surface area contributed by atoms with E-state index in [2.05, 4.69) is 25.3 Å². The number of nitrogens with one attached hydrogen (secondary N) is 2. The van der Waals surface area contributed by atoms with Crippen molar-refractivity contribution >= 4 is 23.3 Å². The van der Waals surface area contributed by atoms with Crippen molar-refractivity contribution in [2.75, 3.05) is 17.7 Å². The highest BCUT2D eigenvalue weighted by molar-refractivity contribution is 6.03. The normalized spacial score (nSPS) is 10.1. The Morgan fingerprint density at radius 2 is 1.67 bits per heavy atom. The fraction of sp³-hybridized carbons (Fsp3) is 0.100. The van der Waals surface area contributed by atoms with Crippen LogP contribution in [0.25, 0.3) is 0 Å². The predicted molar refractivity (Wildman–Crippen MR) is 102 cm³/mol. The molecule has 3 rings (SSSR count). The van der Waals surface area contributed by atoms with Gasteiger partial charge in [0.15, 0.2) is 0 Å². The highest BCUT2D eigenvalue weighted by Crippen LogP contribution is 2.13. The third-order valence-electron chi connectivity index (χ3n) is 3.81. The second-order valence-electron chi connectivity index (χ2n) is 5.66. The standard InChI is InChI=1S/C20H18N4O3/c1-27-20(26)15-2-4-16(5-3-15)24-19(25)18-7-6-17(13-23-18)22-12-14-8-10-21-11-9-14/h2-11,13,22H,12H2,1H3,(H,24,25). The van der Waals surface area contributed by atoms with Gasteiger partial charge in [0.1, 0.15) is 5.69 Å². The molecular formula is C20H18N4O3. The first-order chi connectivity index (χ1) is 13.2. The Kier molecular flexibility index (Phi) is 5.73. The Morgan fingerprint density at radius 3 is 2.30 bits per heavy atom. The van der Waals surface area contributed by atoms with Crippen LogP contribution >= 0.6 is 0 Å². The molecule has 0 aliphatic rings. The van der Waals surface area contributed by atoms with Crippen molar-refractivity contribution in [1.82, 2.24) is 9.97 Å². The van der Waals surface area contributed by atoms with Crippen molar-refractivity contribution in [1.29, 1.82) is 0 Å². The lowest BCUT2D eigenvalue weighted by molar-refractivity contribution is 0.0600. The summed E-state index contributed by atoms with van der Waals surface area (Å²) in [6.07, 6.45) is 5.08. The number of esters is 1. The lowest BCUT2D eigenvalue weighted by Gasteiger charge is -2.08. The number of ether oxygens (including phenoxy) is 1. The second kappa shape index (κ2) is 8.57. The first-order valence-electron chi connectivity index (χ1n) is 8.24. The Labute approximate surface area is 156 Å². The van der Waals surface area contributed by atoms with Gasteiger partial charge < -0.3 is 15.4 Å². The first-order valence-corrected chi connectivity index (χ1v) is 8.24. The maximum atomic E-state index is 12.3.